The van der Waals surface area contributed by atoms with Crippen LogP contribution in [0.5, 0.6) is 5.75 Å². The Labute approximate surface area is 150 Å². The largest absolute Gasteiger partial charge is 0.490 e. The molecule has 0 amide bonds. The number of rotatable bonds is 10. The molecule has 2 heterocycles. The predicted octanol–water partition coefficient (Wildman–Crippen LogP) is 1.41. The van der Waals surface area contributed by atoms with Crippen molar-refractivity contribution in [3.8, 4) is 5.75 Å². The lowest BCUT2D eigenvalue weighted by Crippen LogP contribution is -2.40. The Hall–Kier alpha value is -1.86. The zero-order valence-corrected chi connectivity index (χ0v) is 15.3. The second-order valence-corrected chi connectivity index (χ2v) is 5.94. The van der Waals surface area contributed by atoms with E-state index in [9.17, 15) is 0 Å². The highest BCUT2D eigenvalue weighted by Crippen LogP contribution is 2.16. The first kappa shape index (κ1) is 19.5. The van der Waals surface area contributed by atoms with Gasteiger partial charge in [0, 0.05) is 38.9 Å². The Balaban J connectivity index is 1.73. The normalized spacial score (nSPS) is 17.8. The number of pyridine rings is 1. The van der Waals surface area contributed by atoms with Gasteiger partial charge in [0.15, 0.2) is 5.96 Å². The van der Waals surface area contributed by atoms with Crippen LogP contribution in [0.4, 0.5) is 0 Å². The van der Waals surface area contributed by atoms with Crippen molar-refractivity contribution in [3.05, 3.63) is 24.5 Å². The lowest BCUT2D eigenvalue weighted by Gasteiger charge is -2.21. The zero-order valence-electron chi connectivity index (χ0n) is 15.3. The van der Waals surface area contributed by atoms with Gasteiger partial charge >= 0.3 is 0 Å². The number of likely N-dealkylation sites (tertiary alicyclic amines) is 1. The minimum atomic E-state index is 0.540. The van der Waals surface area contributed by atoms with Crippen LogP contribution in [-0.2, 0) is 9.47 Å². The van der Waals surface area contributed by atoms with E-state index in [2.05, 4.69) is 27.1 Å². The highest BCUT2D eigenvalue weighted by Gasteiger charge is 2.24. The third-order valence-electron chi connectivity index (χ3n) is 3.96. The topological polar surface area (TPSA) is 68.2 Å². The zero-order chi connectivity index (χ0) is 17.7. The highest BCUT2D eigenvalue weighted by molar-refractivity contribution is 5.80. The molecule has 0 bridgehead atoms. The molecule has 1 atom stereocenters. The standard InChI is InChI=1S/C18H30N4O3/c1-3-20-18(21-8-10-25-17-5-4-7-19-13-17)22-9-6-16(14-22)15-24-12-11-23-2/h4-5,7,13,16H,3,6,8-12,14-15H2,1-2H3,(H,20,21). The van der Waals surface area contributed by atoms with E-state index in [0.717, 1.165) is 44.4 Å². The summed E-state index contributed by atoms with van der Waals surface area (Å²) in [5, 5.41) is 3.37. The maximum absolute atomic E-state index is 5.66. The third-order valence-corrected chi connectivity index (χ3v) is 3.96. The number of hydrogen-bond donors (Lipinski definition) is 1. The fourth-order valence-corrected chi connectivity index (χ4v) is 2.73. The van der Waals surface area contributed by atoms with E-state index in [1.807, 2.05) is 12.1 Å². The van der Waals surface area contributed by atoms with Gasteiger partial charge < -0.3 is 24.4 Å². The SMILES string of the molecule is CCNC(=NCCOc1cccnc1)N1CCC(COCCOC)C1. The molecule has 0 radical (unpaired) electrons. The summed E-state index contributed by atoms with van der Waals surface area (Å²) >= 11 is 0. The molecule has 140 valence electrons. The van der Waals surface area contributed by atoms with Crippen molar-refractivity contribution >= 4 is 5.96 Å². The van der Waals surface area contributed by atoms with Gasteiger partial charge in [0.2, 0.25) is 0 Å². The number of guanidine groups is 1. The van der Waals surface area contributed by atoms with Gasteiger partial charge in [-0.15, -0.1) is 0 Å². The van der Waals surface area contributed by atoms with Gasteiger partial charge in [-0.3, -0.25) is 4.98 Å². The van der Waals surface area contributed by atoms with Crippen molar-refractivity contribution in [2.24, 2.45) is 10.9 Å². The van der Waals surface area contributed by atoms with Gasteiger partial charge in [-0.25, -0.2) is 4.99 Å². The lowest BCUT2D eigenvalue weighted by atomic mass is 10.1. The fourth-order valence-electron chi connectivity index (χ4n) is 2.73. The number of nitrogens with zero attached hydrogens (tertiary/aromatic N) is 3. The molecular formula is C18H30N4O3. The maximum atomic E-state index is 5.66. The summed E-state index contributed by atoms with van der Waals surface area (Å²) in [6.07, 6.45) is 4.57. The number of nitrogens with one attached hydrogen (secondary N) is 1. The van der Waals surface area contributed by atoms with E-state index in [1.54, 1.807) is 19.5 Å². The van der Waals surface area contributed by atoms with Gasteiger partial charge in [0.25, 0.3) is 0 Å². The average molecular weight is 350 g/mol. The van der Waals surface area contributed by atoms with Crippen LogP contribution in [0, 0.1) is 5.92 Å². The van der Waals surface area contributed by atoms with E-state index < -0.39 is 0 Å². The number of ether oxygens (including phenoxy) is 3. The van der Waals surface area contributed by atoms with Crippen molar-refractivity contribution in [1.29, 1.82) is 0 Å². The van der Waals surface area contributed by atoms with Crippen molar-refractivity contribution in [1.82, 2.24) is 15.2 Å². The second kappa shape index (κ2) is 11.7. The van der Waals surface area contributed by atoms with Crippen LogP contribution in [0.25, 0.3) is 0 Å². The van der Waals surface area contributed by atoms with E-state index in [0.29, 0.717) is 32.3 Å². The molecule has 1 unspecified atom stereocenters. The number of methoxy groups -OCH3 is 1. The maximum Gasteiger partial charge on any atom is 0.194 e. The Morgan fingerprint density at radius 1 is 1.40 bits per heavy atom. The monoisotopic (exact) mass is 350 g/mol. The lowest BCUT2D eigenvalue weighted by molar-refractivity contribution is 0.0536. The molecule has 1 aliphatic heterocycles. The first-order valence-electron chi connectivity index (χ1n) is 8.96. The smallest absolute Gasteiger partial charge is 0.194 e. The van der Waals surface area contributed by atoms with Crippen LogP contribution in [0.2, 0.25) is 0 Å². The highest BCUT2D eigenvalue weighted by atomic mass is 16.5. The van der Waals surface area contributed by atoms with Crippen molar-refractivity contribution in [2.45, 2.75) is 13.3 Å². The van der Waals surface area contributed by atoms with Crippen LogP contribution in [0.3, 0.4) is 0 Å². The van der Waals surface area contributed by atoms with Gasteiger partial charge in [0.1, 0.15) is 12.4 Å². The van der Waals surface area contributed by atoms with Crippen LogP contribution in [-0.4, -0.2) is 75.6 Å². The van der Waals surface area contributed by atoms with Crippen LogP contribution < -0.4 is 10.1 Å². The minimum Gasteiger partial charge on any atom is -0.490 e. The van der Waals surface area contributed by atoms with Crippen LogP contribution >= 0.6 is 0 Å². The molecule has 1 aliphatic rings. The number of hydrogen-bond acceptors (Lipinski definition) is 5. The third kappa shape index (κ3) is 7.27. The molecule has 7 heteroatoms. The molecule has 0 aromatic carbocycles. The molecule has 0 aliphatic carbocycles. The molecule has 25 heavy (non-hydrogen) atoms. The Morgan fingerprint density at radius 3 is 3.08 bits per heavy atom. The molecule has 7 nitrogen and oxygen atoms in total. The molecule has 1 N–H and O–H groups in total. The van der Waals surface area contributed by atoms with Crippen LogP contribution in [0.1, 0.15) is 13.3 Å². The predicted molar refractivity (Wildman–Crippen MR) is 98.1 cm³/mol. The van der Waals surface area contributed by atoms with E-state index in [1.165, 1.54) is 0 Å². The summed E-state index contributed by atoms with van der Waals surface area (Å²) in [5.74, 6) is 2.28. The van der Waals surface area contributed by atoms with Crippen LogP contribution in [0.15, 0.2) is 29.5 Å². The van der Waals surface area contributed by atoms with E-state index in [-0.39, 0.29) is 0 Å². The fraction of sp³-hybridized carbons (Fsp3) is 0.667. The van der Waals surface area contributed by atoms with Gasteiger partial charge in [-0.05, 0) is 25.5 Å². The molecule has 1 aromatic heterocycles. The summed E-state index contributed by atoms with van der Waals surface area (Å²) in [6, 6.07) is 3.76. The van der Waals surface area contributed by atoms with Crippen molar-refractivity contribution in [2.75, 3.05) is 59.7 Å². The summed E-state index contributed by atoms with van der Waals surface area (Å²) in [7, 11) is 1.69. The van der Waals surface area contributed by atoms with E-state index >= 15 is 0 Å². The molecular weight excluding hydrogens is 320 g/mol. The number of aliphatic imine (C=N–C) groups is 1. The molecule has 1 aromatic rings. The second-order valence-electron chi connectivity index (χ2n) is 5.94. The van der Waals surface area contributed by atoms with E-state index in [4.69, 9.17) is 14.2 Å². The van der Waals surface area contributed by atoms with Crippen molar-refractivity contribution in [3.63, 3.8) is 0 Å². The minimum absolute atomic E-state index is 0.540. The molecule has 1 saturated heterocycles. The Morgan fingerprint density at radius 2 is 2.32 bits per heavy atom. The van der Waals surface area contributed by atoms with Gasteiger partial charge in [-0.2, -0.15) is 0 Å². The molecule has 2 rings (SSSR count). The summed E-state index contributed by atoms with van der Waals surface area (Å²) in [4.78, 5) is 11.0. The number of aromatic nitrogens is 1. The summed E-state index contributed by atoms with van der Waals surface area (Å²) < 4.78 is 16.3. The quantitative estimate of drug-likeness (QED) is 0.391. The van der Waals surface area contributed by atoms with Gasteiger partial charge in [-0.1, -0.05) is 0 Å². The molecule has 0 spiro atoms. The Bertz CT molecular complexity index is 498. The van der Waals surface area contributed by atoms with Gasteiger partial charge in [0.05, 0.1) is 32.6 Å². The summed E-state index contributed by atoms with van der Waals surface area (Å²) in [5.41, 5.74) is 0. The summed E-state index contributed by atoms with van der Waals surface area (Å²) in [6.45, 7) is 8.17. The molecule has 0 saturated carbocycles. The average Bonchev–Trinajstić information content (AvgIpc) is 3.11. The first-order chi connectivity index (χ1) is 12.3. The Kier molecular flexibility index (Phi) is 9.07. The van der Waals surface area contributed by atoms with Crippen molar-refractivity contribution < 1.29 is 14.2 Å². The molecule has 1 fully saturated rings. The first-order valence-corrected chi connectivity index (χ1v) is 8.96.